The lowest BCUT2D eigenvalue weighted by Crippen LogP contribution is -2.03. The second-order valence-electron chi connectivity index (χ2n) is 4.71. The van der Waals surface area contributed by atoms with Gasteiger partial charge in [0, 0.05) is 23.9 Å². The Hall–Kier alpha value is -1.81. The molecule has 0 N–H and O–H groups in total. The van der Waals surface area contributed by atoms with Crippen LogP contribution >= 0.6 is 0 Å². The van der Waals surface area contributed by atoms with E-state index in [0.29, 0.717) is 24.4 Å². The molecule has 0 saturated carbocycles. The van der Waals surface area contributed by atoms with E-state index in [4.69, 9.17) is 13.9 Å². The van der Waals surface area contributed by atoms with E-state index >= 15 is 0 Å². The molecular weight excluding hydrogens is 244 g/mol. The van der Waals surface area contributed by atoms with Crippen LogP contribution in [-0.4, -0.2) is 18.8 Å². The predicted octanol–water partition coefficient (Wildman–Crippen LogP) is 2.74. The molecule has 2 aromatic rings. The molecule has 1 saturated heterocycles. The first kappa shape index (κ1) is 12.2. The zero-order valence-electron chi connectivity index (χ0n) is 10.8. The average Bonchev–Trinajstić information content (AvgIpc) is 3.17. The van der Waals surface area contributed by atoms with Crippen molar-refractivity contribution in [1.29, 1.82) is 0 Å². The predicted molar refractivity (Wildman–Crippen MR) is 71.5 cm³/mol. The fraction of sp³-hybridized carbons (Fsp3) is 0.400. The molecule has 19 heavy (non-hydrogen) atoms. The maximum Gasteiger partial charge on any atom is 0.336 e. The summed E-state index contributed by atoms with van der Waals surface area (Å²) in [5, 5.41) is 0.892. The lowest BCUT2D eigenvalue weighted by atomic mass is 10.2. The molecule has 3 rings (SSSR count). The smallest absolute Gasteiger partial charge is 0.336 e. The highest BCUT2D eigenvalue weighted by Gasteiger charge is 2.36. The van der Waals surface area contributed by atoms with E-state index in [1.165, 1.54) is 6.07 Å². The van der Waals surface area contributed by atoms with Gasteiger partial charge in [0.15, 0.2) is 0 Å². The van der Waals surface area contributed by atoms with Gasteiger partial charge in [0.05, 0.1) is 18.8 Å². The SMILES string of the molecule is CC[C@@H]1O[C@@H]1CCOc1ccc2ccc(=O)oc2c1. The van der Waals surface area contributed by atoms with Crippen LogP contribution < -0.4 is 10.4 Å². The van der Waals surface area contributed by atoms with Crippen LogP contribution in [0.4, 0.5) is 0 Å². The summed E-state index contributed by atoms with van der Waals surface area (Å²) in [4.78, 5) is 11.2. The molecule has 0 bridgehead atoms. The lowest BCUT2D eigenvalue weighted by Gasteiger charge is -2.05. The van der Waals surface area contributed by atoms with Gasteiger partial charge >= 0.3 is 5.63 Å². The third-order valence-electron chi connectivity index (χ3n) is 3.36. The molecule has 1 aromatic carbocycles. The number of benzene rings is 1. The van der Waals surface area contributed by atoms with Gasteiger partial charge in [-0.05, 0) is 24.6 Å². The van der Waals surface area contributed by atoms with Crippen molar-refractivity contribution in [3.8, 4) is 5.75 Å². The zero-order chi connectivity index (χ0) is 13.2. The van der Waals surface area contributed by atoms with Crippen LogP contribution in [0.5, 0.6) is 5.75 Å². The molecule has 2 atom stereocenters. The molecule has 0 amide bonds. The molecule has 0 aliphatic carbocycles. The summed E-state index contributed by atoms with van der Waals surface area (Å²) in [6, 6.07) is 8.68. The van der Waals surface area contributed by atoms with Crippen molar-refractivity contribution in [2.45, 2.75) is 32.0 Å². The highest BCUT2D eigenvalue weighted by Crippen LogP contribution is 2.28. The second-order valence-corrected chi connectivity index (χ2v) is 4.71. The number of ether oxygens (including phenoxy) is 2. The quantitative estimate of drug-likeness (QED) is 0.612. The number of epoxide rings is 1. The fourth-order valence-electron chi connectivity index (χ4n) is 2.22. The molecule has 1 fully saturated rings. The Balaban J connectivity index is 1.63. The highest BCUT2D eigenvalue weighted by molar-refractivity contribution is 5.77. The number of fused-ring (bicyclic) bond motifs is 1. The Morgan fingerprint density at radius 2 is 2.05 bits per heavy atom. The summed E-state index contributed by atoms with van der Waals surface area (Å²) >= 11 is 0. The normalized spacial score (nSPS) is 21.5. The third-order valence-corrected chi connectivity index (χ3v) is 3.36. The highest BCUT2D eigenvalue weighted by atomic mass is 16.6. The Labute approximate surface area is 110 Å². The van der Waals surface area contributed by atoms with Crippen molar-refractivity contribution < 1.29 is 13.9 Å². The van der Waals surface area contributed by atoms with Crippen LogP contribution in [0.3, 0.4) is 0 Å². The van der Waals surface area contributed by atoms with Crippen LogP contribution in [0.1, 0.15) is 19.8 Å². The number of rotatable bonds is 5. The van der Waals surface area contributed by atoms with Gasteiger partial charge in [0.2, 0.25) is 0 Å². The van der Waals surface area contributed by atoms with E-state index in [9.17, 15) is 4.79 Å². The van der Waals surface area contributed by atoms with Gasteiger partial charge in [-0.1, -0.05) is 6.92 Å². The maximum atomic E-state index is 11.2. The maximum absolute atomic E-state index is 11.2. The summed E-state index contributed by atoms with van der Waals surface area (Å²) in [5.74, 6) is 0.718. The minimum atomic E-state index is -0.346. The van der Waals surface area contributed by atoms with Crippen LogP contribution in [-0.2, 0) is 4.74 Å². The Morgan fingerprint density at radius 1 is 1.21 bits per heavy atom. The standard InChI is InChI=1S/C15H16O4/c1-2-12-13(18-12)7-8-17-11-5-3-10-4-6-15(16)19-14(10)9-11/h3-6,9,12-13H,2,7-8H2,1H3/t12-,13+/m0/s1. The van der Waals surface area contributed by atoms with Gasteiger partial charge in [-0.2, -0.15) is 0 Å². The Bertz CT molecular complexity index is 631. The van der Waals surface area contributed by atoms with Crippen molar-refractivity contribution >= 4 is 11.0 Å². The van der Waals surface area contributed by atoms with E-state index in [1.807, 2.05) is 12.1 Å². The Morgan fingerprint density at radius 3 is 2.84 bits per heavy atom. The molecule has 4 nitrogen and oxygen atoms in total. The first-order valence-corrected chi connectivity index (χ1v) is 6.58. The van der Waals surface area contributed by atoms with E-state index in [2.05, 4.69) is 6.92 Å². The lowest BCUT2D eigenvalue weighted by molar-refractivity contribution is 0.280. The van der Waals surface area contributed by atoms with Gasteiger partial charge in [0.1, 0.15) is 11.3 Å². The van der Waals surface area contributed by atoms with Gasteiger partial charge in [-0.15, -0.1) is 0 Å². The minimum Gasteiger partial charge on any atom is -0.493 e. The first-order valence-electron chi connectivity index (χ1n) is 6.58. The van der Waals surface area contributed by atoms with Crippen molar-refractivity contribution in [3.05, 3.63) is 40.8 Å². The zero-order valence-corrected chi connectivity index (χ0v) is 10.8. The number of hydrogen-bond acceptors (Lipinski definition) is 4. The molecule has 100 valence electrons. The summed E-state index contributed by atoms with van der Waals surface area (Å²) in [6.07, 6.45) is 2.72. The molecule has 2 heterocycles. The van der Waals surface area contributed by atoms with Crippen LogP contribution in [0.15, 0.2) is 39.5 Å². The van der Waals surface area contributed by atoms with Crippen LogP contribution in [0.2, 0.25) is 0 Å². The molecule has 4 heteroatoms. The van der Waals surface area contributed by atoms with Gasteiger partial charge in [-0.25, -0.2) is 4.79 Å². The summed E-state index contributed by atoms with van der Waals surface area (Å²) < 4.78 is 16.2. The number of hydrogen-bond donors (Lipinski definition) is 0. The molecular formula is C15H16O4. The molecule has 0 radical (unpaired) electrons. The van der Waals surface area contributed by atoms with Gasteiger partial charge in [0.25, 0.3) is 0 Å². The second kappa shape index (κ2) is 5.05. The van der Waals surface area contributed by atoms with E-state index < -0.39 is 0 Å². The molecule has 1 aromatic heterocycles. The first-order chi connectivity index (χ1) is 9.26. The average molecular weight is 260 g/mol. The fourth-order valence-corrected chi connectivity index (χ4v) is 2.22. The Kier molecular flexibility index (Phi) is 3.25. The summed E-state index contributed by atoms with van der Waals surface area (Å²) in [7, 11) is 0. The van der Waals surface area contributed by atoms with Crippen LogP contribution in [0, 0.1) is 0 Å². The topological polar surface area (TPSA) is 52.0 Å². The molecule has 1 aliphatic heterocycles. The van der Waals surface area contributed by atoms with Crippen molar-refractivity contribution in [3.63, 3.8) is 0 Å². The van der Waals surface area contributed by atoms with Crippen molar-refractivity contribution in [2.75, 3.05) is 6.61 Å². The monoisotopic (exact) mass is 260 g/mol. The summed E-state index contributed by atoms with van der Waals surface area (Å²) in [5.41, 5.74) is 0.209. The molecule has 1 aliphatic rings. The third kappa shape index (κ3) is 2.79. The van der Waals surface area contributed by atoms with E-state index in [-0.39, 0.29) is 5.63 Å². The van der Waals surface area contributed by atoms with E-state index in [0.717, 1.165) is 24.0 Å². The van der Waals surface area contributed by atoms with Crippen molar-refractivity contribution in [1.82, 2.24) is 0 Å². The van der Waals surface area contributed by atoms with Crippen molar-refractivity contribution in [2.24, 2.45) is 0 Å². The molecule has 0 unspecified atom stereocenters. The van der Waals surface area contributed by atoms with Gasteiger partial charge in [-0.3, -0.25) is 0 Å². The van der Waals surface area contributed by atoms with Crippen LogP contribution in [0.25, 0.3) is 11.0 Å². The molecule has 0 spiro atoms. The van der Waals surface area contributed by atoms with E-state index in [1.54, 1.807) is 12.1 Å². The largest absolute Gasteiger partial charge is 0.493 e. The van der Waals surface area contributed by atoms with Gasteiger partial charge < -0.3 is 13.9 Å². The summed E-state index contributed by atoms with van der Waals surface area (Å²) in [6.45, 7) is 2.74. The minimum absolute atomic E-state index is 0.346.